The monoisotopic (exact) mass is 404 g/mol. The summed E-state index contributed by atoms with van der Waals surface area (Å²) in [7, 11) is 0. The van der Waals surface area contributed by atoms with Gasteiger partial charge in [0.15, 0.2) is 6.61 Å². The molecule has 3 aromatic rings. The molecule has 0 unspecified atom stereocenters. The highest BCUT2D eigenvalue weighted by Gasteiger charge is 2.25. The Balaban J connectivity index is 1.56. The highest BCUT2D eigenvalue weighted by Crippen LogP contribution is 2.35. The zero-order valence-corrected chi connectivity index (χ0v) is 16.4. The molecular formula is C23H20N2O5. The van der Waals surface area contributed by atoms with Crippen molar-refractivity contribution >= 4 is 23.5 Å². The molecule has 0 radical (unpaired) electrons. The molecule has 1 aliphatic heterocycles. The molecule has 7 heteroatoms. The fourth-order valence-electron chi connectivity index (χ4n) is 3.27. The molecule has 1 aliphatic rings. The van der Waals surface area contributed by atoms with E-state index >= 15 is 0 Å². The average Bonchev–Trinajstić information content (AvgIpc) is 2.73. The van der Waals surface area contributed by atoms with Crippen molar-refractivity contribution in [1.82, 2.24) is 0 Å². The van der Waals surface area contributed by atoms with E-state index in [-0.39, 0.29) is 23.8 Å². The van der Waals surface area contributed by atoms with Crippen molar-refractivity contribution in [2.24, 2.45) is 4.99 Å². The van der Waals surface area contributed by atoms with E-state index in [2.05, 4.69) is 4.99 Å². The number of hydrogen-bond donors (Lipinski definition) is 1. The second-order valence-corrected chi connectivity index (χ2v) is 6.92. The van der Waals surface area contributed by atoms with E-state index in [0.717, 1.165) is 12.0 Å². The molecule has 1 amide bonds. The third kappa shape index (κ3) is 4.10. The van der Waals surface area contributed by atoms with E-state index in [0.29, 0.717) is 29.4 Å². The number of carbonyl (C=O) groups excluding carboxylic acids is 1. The van der Waals surface area contributed by atoms with Crippen LogP contribution in [0.4, 0.5) is 11.4 Å². The van der Waals surface area contributed by atoms with E-state index < -0.39 is 5.63 Å². The lowest BCUT2D eigenvalue weighted by Gasteiger charge is -2.29. The molecule has 0 atom stereocenters. The fourth-order valence-corrected chi connectivity index (χ4v) is 3.27. The SMILES string of the molecule is Cc1cc(O)c(C=Nc2ccc3c(c2)OCC(=O)N3CCc2ccccc2)c(=O)o1. The number of anilines is 1. The number of rotatable bonds is 5. The van der Waals surface area contributed by atoms with Crippen molar-refractivity contribution in [2.45, 2.75) is 13.3 Å². The molecule has 1 N–H and O–H groups in total. The van der Waals surface area contributed by atoms with E-state index in [1.807, 2.05) is 30.3 Å². The molecule has 0 bridgehead atoms. The lowest BCUT2D eigenvalue weighted by Crippen LogP contribution is -2.40. The van der Waals surface area contributed by atoms with Crippen LogP contribution in [0.25, 0.3) is 0 Å². The van der Waals surface area contributed by atoms with Crippen LogP contribution in [0.2, 0.25) is 0 Å². The summed E-state index contributed by atoms with van der Waals surface area (Å²) in [6.07, 6.45) is 1.98. The Hall–Kier alpha value is -3.87. The molecule has 1 aromatic heterocycles. The normalized spacial score (nSPS) is 13.4. The minimum Gasteiger partial charge on any atom is -0.507 e. The number of nitrogens with zero attached hydrogens (tertiary/aromatic N) is 2. The zero-order chi connectivity index (χ0) is 21.1. The van der Waals surface area contributed by atoms with Crippen molar-refractivity contribution in [3.05, 3.63) is 81.9 Å². The predicted molar refractivity (Wildman–Crippen MR) is 113 cm³/mol. The van der Waals surface area contributed by atoms with Gasteiger partial charge in [-0.3, -0.25) is 9.79 Å². The Morgan fingerprint density at radius 1 is 1.13 bits per heavy atom. The summed E-state index contributed by atoms with van der Waals surface area (Å²) in [6.45, 7) is 2.07. The molecule has 2 heterocycles. The van der Waals surface area contributed by atoms with Gasteiger partial charge in [-0.1, -0.05) is 30.3 Å². The number of aryl methyl sites for hydroxylation is 1. The van der Waals surface area contributed by atoms with Gasteiger partial charge in [0, 0.05) is 24.9 Å². The number of fused-ring (bicyclic) bond motifs is 1. The second-order valence-electron chi connectivity index (χ2n) is 6.92. The van der Waals surface area contributed by atoms with E-state index in [1.54, 1.807) is 30.0 Å². The quantitative estimate of drug-likeness (QED) is 0.658. The molecule has 7 nitrogen and oxygen atoms in total. The Bertz CT molecular complexity index is 1170. The third-order valence-corrected chi connectivity index (χ3v) is 4.79. The summed E-state index contributed by atoms with van der Waals surface area (Å²) in [6, 6.07) is 16.5. The van der Waals surface area contributed by atoms with Crippen molar-refractivity contribution < 1.29 is 19.1 Å². The largest absolute Gasteiger partial charge is 0.507 e. The highest BCUT2D eigenvalue weighted by atomic mass is 16.5. The van der Waals surface area contributed by atoms with Gasteiger partial charge in [-0.05, 0) is 31.0 Å². The van der Waals surface area contributed by atoms with Crippen molar-refractivity contribution in [3.63, 3.8) is 0 Å². The summed E-state index contributed by atoms with van der Waals surface area (Å²) in [5.41, 5.74) is 1.66. The lowest BCUT2D eigenvalue weighted by atomic mass is 10.1. The van der Waals surface area contributed by atoms with Gasteiger partial charge in [0.05, 0.1) is 11.4 Å². The molecule has 0 fully saturated rings. The fraction of sp³-hybridized carbons (Fsp3) is 0.174. The molecule has 0 aliphatic carbocycles. The maximum absolute atomic E-state index is 12.4. The third-order valence-electron chi connectivity index (χ3n) is 4.79. The van der Waals surface area contributed by atoms with Gasteiger partial charge in [-0.25, -0.2) is 4.79 Å². The predicted octanol–water partition coefficient (Wildman–Crippen LogP) is 3.37. The topological polar surface area (TPSA) is 92.3 Å². The zero-order valence-electron chi connectivity index (χ0n) is 16.4. The van der Waals surface area contributed by atoms with Crippen LogP contribution in [0.5, 0.6) is 11.5 Å². The molecule has 0 spiro atoms. The number of aliphatic imine (C=N–C) groups is 1. The van der Waals surface area contributed by atoms with Gasteiger partial charge in [-0.2, -0.15) is 0 Å². The van der Waals surface area contributed by atoms with Gasteiger partial charge >= 0.3 is 5.63 Å². The summed E-state index contributed by atoms with van der Waals surface area (Å²) >= 11 is 0. The molecule has 0 saturated carbocycles. The van der Waals surface area contributed by atoms with Crippen LogP contribution in [0.15, 0.2) is 68.8 Å². The second kappa shape index (κ2) is 8.24. The molecule has 152 valence electrons. The molecule has 30 heavy (non-hydrogen) atoms. The van der Waals surface area contributed by atoms with Crippen LogP contribution in [0.3, 0.4) is 0 Å². The number of hydrogen-bond acceptors (Lipinski definition) is 6. The van der Waals surface area contributed by atoms with Crippen LogP contribution < -0.4 is 15.3 Å². The van der Waals surface area contributed by atoms with Gasteiger partial charge in [0.25, 0.3) is 5.91 Å². The first-order valence-electron chi connectivity index (χ1n) is 9.50. The first kappa shape index (κ1) is 19.4. The first-order valence-corrected chi connectivity index (χ1v) is 9.50. The van der Waals surface area contributed by atoms with Gasteiger partial charge in [-0.15, -0.1) is 0 Å². The van der Waals surface area contributed by atoms with E-state index in [9.17, 15) is 14.7 Å². The van der Waals surface area contributed by atoms with Crippen molar-refractivity contribution in [1.29, 1.82) is 0 Å². The Kier molecular flexibility index (Phi) is 5.34. The summed E-state index contributed by atoms with van der Waals surface area (Å²) in [5.74, 6) is 0.561. The Labute approximate surface area is 172 Å². The number of aromatic hydroxyl groups is 1. The summed E-state index contributed by atoms with van der Waals surface area (Å²) in [4.78, 5) is 30.2. The maximum Gasteiger partial charge on any atom is 0.348 e. The Morgan fingerprint density at radius 2 is 1.93 bits per heavy atom. The average molecular weight is 404 g/mol. The molecule has 0 saturated heterocycles. The van der Waals surface area contributed by atoms with Gasteiger partial charge < -0.3 is 19.2 Å². The summed E-state index contributed by atoms with van der Waals surface area (Å²) < 4.78 is 10.6. The minimum atomic E-state index is -0.664. The number of ether oxygens (including phenoxy) is 1. The minimum absolute atomic E-state index is 0.0288. The van der Waals surface area contributed by atoms with E-state index in [1.165, 1.54) is 12.3 Å². The van der Waals surface area contributed by atoms with Crippen LogP contribution in [0, 0.1) is 6.92 Å². The number of benzene rings is 2. The molecule has 2 aromatic carbocycles. The highest BCUT2D eigenvalue weighted by molar-refractivity contribution is 5.98. The van der Waals surface area contributed by atoms with Gasteiger partial charge in [0.2, 0.25) is 0 Å². The number of amides is 1. The number of carbonyl (C=O) groups is 1. The van der Waals surface area contributed by atoms with Gasteiger partial charge in [0.1, 0.15) is 22.8 Å². The van der Waals surface area contributed by atoms with Crippen LogP contribution in [-0.2, 0) is 11.2 Å². The first-order chi connectivity index (χ1) is 14.5. The van der Waals surface area contributed by atoms with Crippen LogP contribution in [-0.4, -0.2) is 30.4 Å². The molecular weight excluding hydrogens is 384 g/mol. The Morgan fingerprint density at radius 3 is 2.70 bits per heavy atom. The van der Waals surface area contributed by atoms with Crippen molar-refractivity contribution in [2.75, 3.05) is 18.1 Å². The summed E-state index contributed by atoms with van der Waals surface area (Å²) in [5, 5.41) is 9.94. The van der Waals surface area contributed by atoms with E-state index in [4.69, 9.17) is 9.15 Å². The molecule has 4 rings (SSSR count). The lowest BCUT2D eigenvalue weighted by molar-refractivity contribution is -0.121. The maximum atomic E-state index is 12.4. The van der Waals surface area contributed by atoms with Crippen LogP contribution >= 0.6 is 0 Å². The van der Waals surface area contributed by atoms with Crippen LogP contribution in [0.1, 0.15) is 16.9 Å². The standard InChI is InChI=1S/C23H20N2O5/c1-15-11-20(26)18(23(28)30-15)13-24-17-7-8-19-21(12-17)29-14-22(27)25(19)10-9-16-5-3-2-4-6-16/h2-8,11-13,26H,9-10,14H2,1H3. The van der Waals surface area contributed by atoms with Crippen molar-refractivity contribution in [3.8, 4) is 11.5 Å². The smallest absolute Gasteiger partial charge is 0.348 e.